The third-order valence-corrected chi connectivity index (χ3v) is 6.30. The van der Waals surface area contributed by atoms with Crippen molar-refractivity contribution < 1.29 is 23.1 Å². The van der Waals surface area contributed by atoms with Crippen molar-refractivity contribution in [2.24, 2.45) is 28.3 Å². The molecule has 0 aromatic rings. The molecule has 7 heteroatoms. The minimum atomic E-state index is -4.90. The van der Waals surface area contributed by atoms with Crippen LogP contribution in [0.15, 0.2) is 5.10 Å². The standard InChI is InChI=1S/C16H21F3N2O2/c17-16(18,19)15(23)1-2-20-21(15)13(22)9-14-6-10-3-11(7-14)5-12(4-10)8-14/h2,10-12,23H,1,3-9H2/t10?,11?,12?,14?,15-/m0/s1. The van der Waals surface area contributed by atoms with Gasteiger partial charge in [0.1, 0.15) is 0 Å². The molecule has 1 aliphatic heterocycles. The van der Waals surface area contributed by atoms with Crippen molar-refractivity contribution in [3.05, 3.63) is 0 Å². The number of carbonyl (C=O) groups excluding carboxylic acids is 1. The smallest absolute Gasteiger partial charge is 0.362 e. The molecule has 4 fully saturated rings. The van der Waals surface area contributed by atoms with E-state index < -0.39 is 24.2 Å². The van der Waals surface area contributed by atoms with Gasteiger partial charge < -0.3 is 5.11 Å². The lowest BCUT2D eigenvalue weighted by Crippen LogP contribution is -2.57. The van der Waals surface area contributed by atoms with Gasteiger partial charge in [0.05, 0.1) is 0 Å². The highest BCUT2D eigenvalue weighted by Gasteiger charge is 2.62. The van der Waals surface area contributed by atoms with E-state index in [0.717, 1.165) is 25.5 Å². The lowest BCUT2D eigenvalue weighted by molar-refractivity contribution is -0.302. The maximum Gasteiger partial charge on any atom is 0.438 e. The third kappa shape index (κ3) is 2.30. The van der Waals surface area contributed by atoms with Gasteiger partial charge in [-0.25, -0.2) is 0 Å². The monoisotopic (exact) mass is 330 g/mol. The van der Waals surface area contributed by atoms with Crippen LogP contribution in [0.3, 0.4) is 0 Å². The Morgan fingerprint density at radius 2 is 1.70 bits per heavy atom. The van der Waals surface area contributed by atoms with Crippen molar-refractivity contribution in [1.29, 1.82) is 0 Å². The first-order valence-corrected chi connectivity index (χ1v) is 8.35. The van der Waals surface area contributed by atoms with Crippen LogP contribution in [0.1, 0.15) is 51.4 Å². The van der Waals surface area contributed by atoms with Crippen LogP contribution >= 0.6 is 0 Å². The van der Waals surface area contributed by atoms with Crippen LogP contribution in [0.5, 0.6) is 0 Å². The van der Waals surface area contributed by atoms with E-state index in [0.29, 0.717) is 17.8 Å². The van der Waals surface area contributed by atoms with E-state index in [4.69, 9.17) is 0 Å². The van der Waals surface area contributed by atoms with Crippen LogP contribution in [0.25, 0.3) is 0 Å². The molecule has 1 N–H and O–H groups in total. The second-order valence-corrected chi connectivity index (χ2v) is 8.12. The van der Waals surface area contributed by atoms with Gasteiger partial charge in [-0.1, -0.05) is 0 Å². The molecular formula is C16H21F3N2O2. The normalized spacial score (nSPS) is 45.0. The average Bonchev–Trinajstić information content (AvgIpc) is 2.79. The minimum Gasteiger partial charge on any atom is -0.362 e. The largest absolute Gasteiger partial charge is 0.438 e. The number of amides is 1. The number of aliphatic hydroxyl groups is 1. The fourth-order valence-electron chi connectivity index (χ4n) is 5.84. The molecule has 4 bridgehead atoms. The highest BCUT2D eigenvalue weighted by Crippen LogP contribution is 2.61. The highest BCUT2D eigenvalue weighted by molar-refractivity contribution is 5.81. The summed E-state index contributed by atoms with van der Waals surface area (Å²) in [5.41, 5.74) is -3.34. The van der Waals surface area contributed by atoms with Gasteiger partial charge in [0, 0.05) is 19.1 Å². The predicted molar refractivity (Wildman–Crippen MR) is 76.2 cm³/mol. The average molecular weight is 330 g/mol. The van der Waals surface area contributed by atoms with E-state index in [-0.39, 0.29) is 16.8 Å². The Labute approximate surface area is 132 Å². The zero-order valence-electron chi connectivity index (χ0n) is 12.9. The molecule has 0 aromatic heterocycles. The van der Waals surface area contributed by atoms with Gasteiger partial charge in [0.2, 0.25) is 5.91 Å². The maximum absolute atomic E-state index is 13.1. The van der Waals surface area contributed by atoms with E-state index in [2.05, 4.69) is 5.10 Å². The molecule has 0 saturated heterocycles. The molecule has 0 aromatic carbocycles. The Morgan fingerprint density at radius 1 is 1.17 bits per heavy atom. The van der Waals surface area contributed by atoms with Crippen LogP contribution in [-0.4, -0.2) is 34.1 Å². The molecule has 1 heterocycles. The number of alkyl halides is 3. The molecule has 4 nitrogen and oxygen atoms in total. The van der Waals surface area contributed by atoms with Gasteiger partial charge in [-0.3, -0.25) is 4.79 Å². The van der Waals surface area contributed by atoms with E-state index >= 15 is 0 Å². The number of carbonyl (C=O) groups is 1. The Morgan fingerprint density at radius 3 is 2.17 bits per heavy atom. The lowest BCUT2D eigenvalue weighted by Gasteiger charge is -2.57. The zero-order valence-corrected chi connectivity index (χ0v) is 12.9. The SMILES string of the molecule is O=C(CC12CC3CC(CC(C3)C1)C2)N1N=CC[C@]1(O)C(F)(F)F. The van der Waals surface area contributed by atoms with E-state index in [1.165, 1.54) is 19.3 Å². The first-order chi connectivity index (χ1) is 10.7. The number of halogens is 3. The Bertz CT molecular complexity index is 525. The van der Waals surface area contributed by atoms with Crippen LogP contribution in [0.4, 0.5) is 13.2 Å². The van der Waals surface area contributed by atoms with Gasteiger partial charge in [-0.2, -0.15) is 23.3 Å². The summed E-state index contributed by atoms with van der Waals surface area (Å²) in [7, 11) is 0. The number of hydrazone groups is 1. The second-order valence-electron chi connectivity index (χ2n) is 8.12. The fraction of sp³-hybridized carbons (Fsp3) is 0.875. The van der Waals surface area contributed by atoms with Crippen molar-refractivity contribution >= 4 is 12.1 Å². The van der Waals surface area contributed by atoms with Crippen molar-refractivity contribution in [3.8, 4) is 0 Å². The van der Waals surface area contributed by atoms with E-state index in [9.17, 15) is 23.1 Å². The lowest BCUT2D eigenvalue weighted by atomic mass is 9.49. The van der Waals surface area contributed by atoms with Crippen molar-refractivity contribution in [2.75, 3.05) is 0 Å². The van der Waals surface area contributed by atoms with E-state index in [1.807, 2.05) is 0 Å². The van der Waals surface area contributed by atoms with Crippen molar-refractivity contribution in [2.45, 2.75) is 63.3 Å². The highest BCUT2D eigenvalue weighted by atomic mass is 19.4. The molecule has 0 radical (unpaired) electrons. The summed E-state index contributed by atoms with van der Waals surface area (Å²) < 4.78 is 39.4. The van der Waals surface area contributed by atoms with Gasteiger partial charge in [-0.05, 0) is 61.7 Å². The summed E-state index contributed by atoms with van der Waals surface area (Å²) in [5, 5.41) is 13.8. The van der Waals surface area contributed by atoms with Crippen molar-refractivity contribution in [3.63, 3.8) is 0 Å². The van der Waals surface area contributed by atoms with Gasteiger partial charge in [-0.15, -0.1) is 0 Å². The topological polar surface area (TPSA) is 52.9 Å². The Balaban J connectivity index is 1.53. The van der Waals surface area contributed by atoms with Gasteiger partial charge in [0.15, 0.2) is 0 Å². The first-order valence-electron chi connectivity index (χ1n) is 8.35. The summed E-state index contributed by atoms with van der Waals surface area (Å²) in [5.74, 6) is 1.17. The minimum absolute atomic E-state index is 0.0756. The van der Waals surface area contributed by atoms with Crippen LogP contribution in [0, 0.1) is 23.2 Å². The quantitative estimate of drug-likeness (QED) is 0.846. The maximum atomic E-state index is 13.1. The van der Waals surface area contributed by atoms with Gasteiger partial charge >= 0.3 is 6.18 Å². The summed E-state index contributed by atoms with van der Waals surface area (Å²) in [6.45, 7) is 0. The molecule has 5 aliphatic rings. The van der Waals surface area contributed by atoms with Crippen LogP contribution in [-0.2, 0) is 4.79 Å². The number of hydrogen-bond donors (Lipinski definition) is 1. The molecule has 1 atom stereocenters. The van der Waals surface area contributed by atoms with Gasteiger partial charge in [0.25, 0.3) is 5.72 Å². The molecule has 4 aliphatic carbocycles. The molecule has 0 unspecified atom stereocenters. The third-order valence-electron chi connectivity index (χ3n) is 6.30. The molecule has 5 rings (SSSR count). The molecule has 4 saturated carbocycles. The van der Waals surface area contributed by atoms with Crippen LogP contribution < -0.4 is 0 Å². The van der Waals surface area contributed by atoms with Crippen LogP contribution in [0.2, 0.25) is 0 Å². The molecular weight excluding hydrogens is 309 g/mol. The molecule has 1 amide bonds. The summed E-state index contributed by atoms with van der Waals surface area (Å²) in [6.07, 6.45) is 1.90. The summed E-state index contributed by atoms with van der Waals surface area (Å²) in [6, 6.07) is 0. The van der Waals surface area contributed by atoms with E-state index in [1.54, 1.807) is 0 Å². The number of rotatable bonds is 2. The number of nitrogens with zero attached hydrogens (tertiary/aromatic N) is 2. The fourth-order valence-corrected chi connectivity index (χ4v) is 5.84. The summed E-state index contributed by atoms with van der Waals surface area (Å²) in [4.78, 5) is 12.5. The molecule has 0 spiro atoms. The Kier molecular flexibility index (Phi) is 3.16. The summed E-state index contributed by atoms with van der Waals surface area (Å²) >= 11 is 0. The zero-order chi connectivity index (χ0) is 16.5. The Hall–Kier alpha value is -1.11. The first kappa shape index (κ1) is 15.4. The number of hydrogen-bond acceptors (Lipinski definition) is 3. The molecule has 128 valence electrons. The second kappa shape index (κ2) is 4.71. The predicted octanol–water partition coefficient (Wildman–Crippen LogP) is 3.06. The van der Waals surface area contributed by atoms with Crippen molar-refractivity contribution in [1.82, 2.24) is 5.01 Å². The molecule has 23 heavy (non-hydrogen) atoms.